The van der Waals surface area contributed by atoms with Gasteiger partial charge in [-0.1, -0.05) is 51.5 Å². The highest BCUT2D eigenvalue weighted by Gasteiger charge is 2.40. The zero-order chi connectivity index (χ0) is 18.2. The van der Waals surface area contributed by atoms with E-state index in [2.05, 4.69) is 12.2 Å². The molecule has 0 radical (unpaired) electrons. The van der Waals surface area contributed by atoms with E-state index in [1.165, 1.54) is 11.6 Å². The number of hydrogen-bond acceptors (Lipinski definition) is 1. The largest absolute Gasteiger partial charge is 0.465 e. The van der Waals surface area contributed by atoms with Gasteiger partial charge in [0.05, 0.1) is 6.04 Å². The summed E-state index contributed by atoms with van der Waals surface area (Å²) in [5.41, 5.74) is 4.16. The smallest absolute Gasteiger partial charge is 0.405 e. The Hall–Kier alpha value is -2.36. The molecule has 1 atom stereocenters. The minimum atomic E-state index is -1.08. The fourth-order valence-electron chi connectivity index (χ4n) is 3.83. The second kappa shape index (κ2) is 6.51. The van der Waals surface area contributed by atoms with Gasteiger partial charge in [0.1, 0.15) is 5.82 Å². The molecule has 3 rings (SSSR count). The fourth-order valence-corrected chi connectivity index (χ4v) is 3.83. The Balaban J connectivity index is 1.99. The van der Waals surface area contributed by atoms with Crippen molar-refractivity contribution in [2.24, 2.45) is 5.41 Å². The Kier molecular flexibility index (Phi) is 4.55. The minimum Gasteiger partial charge on any atom is -0.465 e. The molecule has 132 valence electrons. The Morgan fingerprint density at radius 2 is 1.96 bits per heavy atom. The first-order chi connectivity index (χ1) is 11.8. The lowest BCUT2D eigenvalue weighted by atomic mass is 9.85. The maximum atomic E-state index is 14.8. The van der Waals surface area contributed by atoms with E-state index in [0.717, 1.165) is 29.5 Å². The third-order valence-electron chi connectivity index (χ3n) is 5.04. The maximum Gasteiger partial charge on any atom is 0.405 e. The van der Waals surface area contributed by atoms with Gasteiger partial charge in [0.25, 0.3) is 0 Å². The second-order valence-electron chi connectivity index (χ2n) is 7.53. The van der Waals surface area contributed by atoms with Gasteiger partial charge in [0, 0.05) is 5.56 Å². The molecule has 0 unspecified atom stereocenters. The summed E-state index contributed by atoms with van der Waals surface area (Å²) in [6.45, 7) is 6.15. The van der Waals surface area contributed by atoms with Crippen molar-refractivity contribution in [1.82, 2.24) is 5.32 Å². The van der Waals surface area contributed by atoms with Crippen LogP contribution in [0, 0.1) is 11.2 Å². The first-order valence-corrected chi connectivity index (χ1v) is 8.73. The van der Waals surface area contributed by atoms with Crippen LogP contribution in [0.2, 0.25) is 0 Å². The quantitative estimate of drug-likeness (QED) is 0.789. The molecule has 1 aliphatic carbocycles. The summed E-state index contributed by atoms with van der Waals surface area (Å²) < 4.78 is 14.8. The van der Waals surface area contributed by atoms with E-state index in [-0.39, 0.29) is 11.2 Å². The number of rotatable bonds is 4. The summed E-state index contributed by atoms with van der Waals surface area (Å²) in [5.74, 6) is -0.308. The van der Waals surface area contributed by atoms with E-state index in [1.807, 2.05) is 44.2 Å². The van der Waals surface area contributed by atoms with Gasteiger partial charge in [-0.3, -0.25) is 0 Å². The third-order valence-corrected chi connectivity index (χ3v) is 5.04. The Morgan fingerprint density at radius 3 is 2.56 bits per heavy atom. The van der Waals surface area contributed by atoms with Crippen molar-refractivity contribution in [3.05, 3.63) is 58.9 Å². The van der Waals surface area contributed by atoms with Crippen LogP contribution in [0.5, 0.6) is 0 Å². The lowest BCUT2D eigenvalue weighted by Crippen LogP contribution is -2.34. The number of nitrogens with one attached hydrogen (secondary N) is 1. The number of amides is 1. The van der Waals surface area contributed by atoms with Crippen molar-refractivity contribution < 1.29 is 14.3 Å². The molecule has 0 saturated carbocycles. The lowest BCUT2D eigenvalue weighted by molar-refractivity contribution is 0.175. The fraction of sp³-hybridized carbons (Fsp3) is 0.381. The summed E-state index contributed by atoms with van der Waals surface area (Å²) in [4.78, 5) is 11.1. The van der Waals surface area contributed by atoms with Gasteiger partial charge in [0.15, 0.2) is 0 Å². The molecule has 3 nitrogen and oxygen atoms in total. The highest BCUT2D eigenvalue weighted by Crippen LogP contribution is 2.46. The van der Waals surface area contributed by atoms with Crippen LogP contribution in [-0.4, -0.2) is 11.2 Å². The lowest BCUT2D eigenvalue weighted by Gasteiger charge is -2.27. The predicted octanol–water partition coefficient (Wildman–Crippen LogP) is 5.34. The van der Waals surface area contributed by atoms with Crippen LogP contribution in [0.4, 0.5) is 9.18 Å². The number of carboxylic acid groups (broad SMARTS) is 1. The predicted molar refractivity (Wildman–Crippen MR) is 97.2 cm³/mol. The van der Waals surface area contributed by atoms with Crippen LogP contribution in [0.25, 0.3) is 11.1 Å². The monoisotopic (exact) mass is 341 g/mol. The van der Waals surface area contributed by atoms with Crippen LogP contribution >= 0.6 is 0 Å². The Labute approximate surface area is 147 Å². The number of fused-ring (bicyclic) bond motifs is 1. The summed E-state index contributed by atoms with van der Waals surface area (Å²) in [6, 6.07) is 11.0. The molecule has 2 N–H and O–H groups in total. The van der Waals surface area contributed by atoms with Gasteiger partial charge < -0.3 is 10.4 Å². The van der Waals surface area contributed by atoms with Crippen LogP contribution < -0.4 is 5.32 Å². The SMILES string of the molecule is CCCc1ccc(-c2cc3c(cc2F)[C@H](NC(=O)O)C(C)(C)C3)cc1. The number of benzene rings is 2. The van der Waals surface area contributed by atoms with Gasteiger partial charge in [-0.2, -0.15) is 0 Å². The zero-order valence-electron chi connectivity index (χ0n) is 14.9. The van der Waals surface area contributed by atoms with Crippen LogP contribution in [-0.2, 0) is 12.8 Å². The molecule has 0 aliphatic heterocycles. The van der Waals surface area contributed by atoms with Crippen molar-refractivity contribution in [1.29, 1.82) is 0 Å². The molecule has 0 heterocycles. The molecule has 0 spiro atoms. The summed E-state index contributed by atoms with van der Waals surface area (Å²) >= 11 is 0. The average molecular weight is 341 g/mol. The third kappa shape index (κ3) is 3.39. The maximum absolute atomic E-state index is 14.8. The average Bonchev–Trinajstić information content (AvgIpc) is 2.78. The van der Waals surface area contributed by atoms with Crippen molar-refractivity contribution >= 4 is 6.09 Å². The standard InChI is InChI=1S/C21H24FNO2/c1-4-5-13-6-8-14(9-7-13)16-10-15-12-21(2,3)19(23-20(24)25)17(15)11-18(16)22/h6-11,19,23H,4-5,12H2,1-3H3,(H,24,25)/t19-/m0/s1. The number of carbonyl (C=O) groups is 1. The molecule has 2 aromatic carbocycles. The van der Waals surface area contributed by atoms with Gasteiger partial charge in [0.2, 0.25) is 0 Å². The second-order valence-corrected chi connectivity index (χ2v) is 7.53. The molecule has 0 saturated heterocycles. The van der Waals surface area contributed by atoms with Crippen LogP contribution in [0.1, 0.15) is 49.9 Å². The molecule has 0 bridgehead atoms. The number of aryl methyl sites for hydroxylation is 1. The van der Waals surface area contributed by atoms with E-state index in [4.69, 9.17) is 5.11 Å². The van der Waals surface area contributed by atoms with Crippen molar-refractivity contribution in [2.45, 2.75) is 46.1 Å². The van der Waals surface area contributed by atoms with Gasteiger partial charge in [-0.25, -0.2) is 9.18 Å². The summed E-state index contributed by atoms with van der Waals surface area (Å²) in [5, 5.41) is 11.6. The van der Waals surface area contributed by atoms with E-state index >= 15 is 0 Å². The van der Waals surface area contributed by atoms with Crippen molar-refractivity contribution in [3.63, 3.8) is 0 Å². The van der Waals surface area contributed by atoms with Gasteiger partial charge in [-0.05, 0) is 52.6 Å². The highest BCUT2D eigenvalue weighted by atomic mass is 19.1. The molecule has 0 fully saturated rings. The molecular formula is C21H24FNO2. The first kappa shape index (κ1) is 17.5. The van der Waals surface area contributed by atoms with E-state index in [9.17, 15) is 9.18 Å². The van der Waals surface area contributed by atoms with Crippen LogP contribution in [0.15, 0.2) is 36.4 Å². The molecule has 25 heavy (non-hydrogen) atoms. The molecule has 1 amide bonds. The summed E-state index contributed by atoms with van der Waals surface area (Å²) in [7, 11) is 0. The van der Waals surface area contributed by atoms with Gasteiger partial charge >= 0.3 is 6.09 Å². The van der Waals surface area contributed by atoms with E-state index in [0.29, 0.717) is 12.0 Å². The topological polar surface area (TPSA) is 49.3 Å². The van der Waals surface area contributed by atoms with E-state index in [1.54, 1.807) is 0 Å². The Morgan fingerprint density at radius 1 is 1.28 bits per heavy atom. The molecule has 1 aliphatic rings. The number of halogens is 1. The molecule has 2 aromatic rings. The number of hydrogen-bond donors (Lipinski definition) is 2. The molecule has 0 aromatic heterocycles. The van der Waals surface area contributed by atoms with E-state index < -0.39 is 12.1 Å². The summed E-state index contributed by atoms with van der Waals surface area (Å²) in [6.07, 6.45) is 1.74. The molecular weight excluding hydrogens is 317 g/mol. The minimum absolute atomic E-state index is 0.281. The first-order valence-electron chi connectivity index (χ1n) is 8.73. The van der Waals surface area contributed by atoms with Gasteiger partial charge in [-0.15, -0.1) is 0 Å². The zero-order valence-corrected chi connectivity index (χ0v) is 14.9. The normalized spacial score (nSPS) is 18.0. The van der Waals surface area contributed by atoms with Crippen molar-refractivity contribution in [2.75, 3.05) is 0 Å². The Bertz CT molecular complexity index is 796. The highest BCUT2D eigenvalue weighted by molar-refractivity contribution is 5.69. The van der Waals surface area contributed by atoms with Crippen LogP contribution in [0.3, 0.4) is 0 Å². The molecule has 4 heteroatoms. The van der Waals surface area contributed by atoms with Crippen molar-refractivity contribution in [3.8, 4) is 11.1 Å².